The van der Waals surface area contributed by atoms with Crippen molar-refractivity contribution in [2.45, 2.75) is 6.61 Å². The summed E-state index contributed by atoms with van der Waals surface area (Å²) in [5, 5.41) is 2.61. The molecule has 0 aliphatic rings. The Morgan fingerprint density at radius 2 is 1.77 bits per heavy atom. The third-order valence-electron chi connectivity index (χ3n) is 4.05. The van der Waals surface area contributed by atoms with Crippen LogP contribution in [0.3, 0.4) is 0 Å². The summed E-state index contributed by atoms with van der Waals surface area (Å²) in [6.45, 7) is -3.35. The second-order valence-electron chi connectivity index (χ2n) is 6.11. The monoisotopic (exact) mass is 417 g/mol. The molecule has 3 aromatic rings. The molecule has 0 unspecified atom stereocenters. The number of nitrogens with one attached hydrogen (secondary N) is 1. The van der Waals surface area contributed by atoms with Gasteiger partial charge in [0.1, 0.15) is 23.1 Å². The highest BCUT2D eigenvalue weighted by atomic mass is 19.3. The highest BCUT2D eigenvalue weighted by molar-refractivity contribution is 5.93. The van der Waals surface area contributed by atoms with E-state index in [-0.39, 0.29) is 18.1 Å². The SMILES string of the molecule is COc1ccc(-c2cc(NC(=O)COc3cccc(F)c3)ccc2OC(F)F)cc1. The van der Waals surface area contributed by atoms with Crippen molar-refractivity contribution >= 4 is 11.6 Å². The minimum Gasteiger partial charge on any atom is -0.497 e. The fourth-order valence-corrected chi connectivity index (χ4v) is 2.71. The molecule has 5 nitrogen and oxygen atoms in total. The van der Waals surface area contributed by atoms with Crippen LogP contribution in [0.15, 0.2) is 66.7 Å². The van der Waals surface area contributed by atoms with Gasteiger partial charge in [-0.25, -0.2) is 4.39 Å². The van der Waals surface area contributed by atoms with E-state index in [0.29, 0.717) is 22.6 Å². The first kappa shape index (κ1) is 21.0. The fraction of sp³-hybridized carbons (Fsp3) is 0.136. The zero-order chi connectivity index (χ0) is 21.5. The third-order valence-corrected chi connectivity index (χ3v) is 4.05. The maximum atomic E-state index is 13.2. The molecule has 0 bridgehead atoms. The Labute approximate surface area is 171 Å². The van der Waals surface area contributed by atoms with Crippen molar-refractivity contribution in [2.24, 2.45) is 0 Å². The van der Waals surface area contributed by atoms with Gasteiger partial charge in [-0.3, -0.25) is 4.79 Å². The number of anilines is 1. The molecule has 0 saturated heterocycles. The maximum absolute atomic E-state index is 13.2. The van der Waals surface area contributed by atoms with Gasteiger partial charge in [0.05, 0.1) is 7.11 Å². The van der Waals surface area contributed by atoms with Crippen molar-refractivity contribution in [3.05, 3.63) is 72.5 Å². The lowest BCUT2D eigenvalue weighted by Crippen LogP contribution is -2.20. The Morgan fingerprint density at radius 1 is 1.00 bits per heavy atom. The Morgan fingerprint density at radius 3 is 2.43 bits per heavy atom. The number of benzene rings is 3. The molecule has 0 aromatic heterocycles. The number of halogens is 3. The van der Waals surface area contributed by atoms with Crippen molar-refractivity contribution in [1.29, 1.82) is 0 Å². The number of hydrogen-bond acceptors (Lipinski definition) is 4. The lowest BCUT2D eigenvalue weighted by Gasteiger charge is -2.14. The zero-order valence-corrected chi connectivity index (χ0v) is 15.9. The molecule has 0 aliphatic heterocycles. The summed E-state index contributed by atoms with van der Waals surface area (Å²) in [4.78, 5) is 12.2. The molecule has 0 saturated carbocycles. The molecule has 156 valence electrons. The number of methoxy groups -OCH3 is 1. The van der Waals surface area contributed by atoms with Gasteiger partial charge in [-0.15, -0.1) is 0 Å². The summed E-state index contributed by atoms with van der Waals surface area (Å²) in [5.41, 5.74) is 1.32. The largest absolute Gasteiger partial charge is 0.497 e. The Kier molecular flexibility index (Phi) is 6.79. The van der Waals surface area contributed by atoms with Crippen molar-refractivity contribution < 1.29 is 32.2 Å². The molecular weight excluding hydrogens is 399 g/mol. The van der Waals surface area contributed by atoms with Crippen LogP contribution in [0.2, 0.25) is 0 Å². The van der Waals surface area contributed by atoms with E-state index in [2.05, 4.69) is 10.1 Å². The lowest BCUT2D eigenvalue weighted by molar-refractivity contribution is -0.118. The maximum Gasteiger partial charge on any atom is 0.387 e. The van der Waals surface area contributed by atoms with Crippen molar-refractivity contribution in [3.63, 3.8) is 0 Å². The van der Waals surface area contributed by atoms with Gasteiger partial charge in [0, 0.05) is 17.3 Å². The van der Waals surface area contributed by atoms with Crippen molar-refractivity contribution in [1.82, 2.24) is 0 Å². The topological polar surface area (TPSA) is 56.8 Å². The predicted octanol–water partition coefficient (Wildman–Crippen LogP) is 5.12. The number of ether oxygens (including phenoxy) is 3. The molecule has 3 aromatic carbocycles. The molecule has 0 heterocycles. The standard InChI is InChI=1S/C22H18F3NO4/c1-28-17-8-5-14(6-9-17)19-12-16(7-10-20(19)30-22(24)25)26-21(27)13-29-18-4-2-3-15(23)11-18/h2-12,22H,13H2,1H3,(H,26,27). The highest BCUT2D eigenvalue weighted by Crippen LogP contribution is 2.34. The van der Waals surface area contributed by atoms with E-state index in [1.54, 1.807) is 24.3 Å². The summed E-state index contributed by atoms with van der Waals surface area (Å²) in [6.07, 6.45) is 0. The van der Waals surface area contributed by atoms with Gasteiger partial charge in [0.2, 0.25) is 0 Å². The second-order valence-corrected chi connectivity index (χ2v) is 6.11. The summed E-state index contributed by atoms with van der Waals surface area (Å²) < 4.78 is 53.7. The second kappa shape index (κ2) is 9.69. The Bertz CT molecular complexity index is 1010. The van der Waals surface area contributed by atoms with Gasteiger partial charge in [-0.2, -0.15) is 8.78 Å². The predicted molar refractivity (Wildman–Crippen MR) is 106 cm³/mol. The number of alkyl halides is 2. The number of hydrogen-bond donors (Lipinski definition) is 1. The van der Waals surface area contributed by atoms with Gasteiger partial charge in [0.15, 0.2) is 6.61 Å². The summed E-state index contributed by atoms with van der Waals surface area (Å²) in [7, 11) is 1.52. The van der Waals surface area contributed by atoms with Gasteiger partial charge in [-0.05, 0) is 48.0 Å². The van der Waals surface area contributed by atoms with E-state index in [9.17, 15) is 18.0 Å². The molecular formula is C22H18F3NO4. The Balaban J connectivity index is 1.76. The fourth-order valence-electron chi connectivity index (χ4n) is 2.71. The molecule has 8 heteroatoms. The number of rotatable bonds is 8. The van der Waals surface area contributed by atoms with Gasteiger partial charge in [0.25, 0.3) is 5.91 Å². The van der Waals surface area contributed by atoms with Crippen molar-refractivity contribution in [2.75, 3.05) is 19.0 Å². The minimum absolute atomic E-state index is 0.0378. The van der Waals surface area contributed by atoms with Gasteiger partial charge >= 0.3 is 6.61 Å². The smallest absolute Gasteiger partial charge is 0.387 e. The van der Waals surface area contributed by atoms with Crippen LogP contribution in [0, 0.1) is 5.82 Å². The van der Waals surface area contributed by atoms with Crippen LogP contribution in [-0.4, -0.2) is 26.2 Å². The van der Waals surface area contributed by atoms with Crippen molar-refractivity contribution in [3.8, 4) is 28.4 Å². The molecule has 30 heavy (non-hydrogen) atoms. The normalized spacial score (nSPS) is 10.6. The average Bonchev–Trinajstić information content (AvgIpc) is 2.73. The molecule has 0 aliphatic carbocycles. The van der Waals surface area contributed by atoms with Gasteiger partial charge in [-0.1, -0.05) is 18.2 Å². The van der Waals surface area contributed by atoms with Gasteiger partial charge < -0.3 is 19.5 Å². The van der Waals surface area contributed by atoms with Crippen LogP contribution in [0.25, 0.3) is 11.1 Å². The third kappa shape index (κ3) is 5.66. The van der Waals surface area contributed by atoms with E-state index in [0.717, 1.165) is 6.07 Å². The van der Waals surface area contributed by atoms with E-state index < -0.39 is 18.3 Å². The molecule has 3 rings (SSSR count). The van der Waals surface area contributed by atoms with E-state index >= 15 is 0 Å². The first-order valence-electron chi connectivity index (χ1n) is 8.86. The quantitative estimate of drug-likeness (QED) is 0.553. The lowest BCUT2D eigenvalue weighted by atomic mass is 10.0. The molecule has 1 N–H and O–H groups in total. The van der Waals surface area contributed by atoms with E-state index in [1.807, 2.05) is 0 Å². The van der Waals surface area contributed by atoms with Crippen LogP contribution in [0.1, 0.15) is 0 Å². The van der Waals surface area contributed by atoms with E-state index in [4.69, 9.17) is 9.47 Å². The van der Waals surface area contributed by atoms with Crippen LogP contribution in [0.5, 0.6) is 17.2 Å². The molecule has 0 atom stereocenters. The summed E-state index contributed by atoms with van der Waals surface area (Å²) in [6, 6.07) is 16.4. The molecule has 1 amide bonds. The first-order valence-corrected chi connectivity index (χ1v) is 8.86. The molecule has 0 fully saturated rings. The highest BCUT2D eigenvalue weighted by Gasteiger charge is 2.14. The van der Waals surface area contributed by atoms with Crippen LogP contribution >= 0.6 is 0 Å². The summed E-state index contributed by atoms with van der Waals surface area (Å²) >= 11 is 0. The summed E-state index contributed by atoms with van der Waals surface area (Å²) in [5.74, 6) is -0.197. The number of carbonyl (C=O) groups excluding carboxylic acids is 1. The first-order chi connectivity index (χ1) is 14.4. The molecule has 0 radical (unpaired) electrons. The molecule has 0 spiro atoms. The Hall–Kier alpha value is -3.68. The zero-order valence-electron chi connectivity index (χ0n) is 15.9. The average molecular weight is 417 g/mol. The minimum atomic E-state index is -3.00. The van der Waals surface area contributed by atoms with Crippen LogP contribution < -0.4 is 19.5 Å². The number of carbonyl (C=O) groups is 1. The van der Waals surface area contributed by atoms with Crippen LogP contribution in [-0.2, 0) is 4.79 Å². The van der Waals surface area contributed by atoms with Crippen LogP contribution in [0.4, 0.5) is 18.9 Å². The van der Waals surface area contributed by atoms with E-state index in [1.165, 1.54) is 43.5 Å². The number of amides is 1.